The van der Waals surface area contributed by atoms with Crippen molar-refractivity contribution in [1.29, 1.82) is 0 Å². The van der Waals surface area contributed by atoms with E-state index in [4.69, 9.17) is 12.2 Å². The van der Waals surface area contributed by atoms with Crippen molar-refractivity contribution in [1.82, 2.24) is 20.0 Å². The number of piperazine rings is 1. The predicted molar refractivity (Wildman–Crippen MR) is 106 cm³/mol. The highest BCUT2D eigenvalue weighted by atomic mass is 32.1. The zero-order valence-electron chi connectivity index (χ0n) is 15.5. The first kappa shape index (κ1) is 20.1. The summed E-state index contributed by atoms with van der Waals surface area (Å²) < 4.78 is 13.0. The fraction of sp³-hybridized carbons (Fsp3) is 0.632. The average Bonchev–Trinajstić information content (AvgIpc) is 2.64. The average molecular weight is 367 g/mol. The molecule has 0 aliphatic carbocycles. The summed E-state index contributed by atoms with van der Waals surface area (Å²) in [7, 11) is 0. The molecule has 0 saturated carbocycles. The van der Waals surface area contributed by atoms with Crippen LogP contribution >= 0.6 is 12.2 Å². The lowest BCUT2D eigenvalue weighted by Gasteiger charge is -2.36. The Bertz CT molecular complexity index is 511. The fourth-order valence-electron chi connectivity index (χ4n) is 3.11. The molecule has 1 aromatic carbocycles. The van der Waals surface area contributed by atoms with Crippen LogP contribution in [-0.4, -0.2) is 72.2 Å². The number of nitrogens with one attached hydrogen (secondary N) is 1. The molecule has 1 fully saturated rings. The first-order chi connectivity index (χ1) is 12.1. The van der Waals surface area contributed by atoms with Gasteiger partial charge in [-0.1, -0.05) is 26.0 Å². The summed E-state index contributed by atoms with van der Waals surface area (Å²) in [5.41, 5.74) is 1.16. The zero-order chi connectivity index (χ0) is 18.1. The van der Waals surface area contributed by atoms with Gasteiger partial charge < -0.3 is 15.1 Å². The molecule has 1 heterocycles. The number of benzene rings is 1. The van der Waals surface area contributed by atoms with Gasteiger partial charge in [-0.3, -0.25) is 4.90 Å². The van der Waals surface area contributed by atoms with E-state index in [9.17, 15) is 4.39 Å². The molecule has 1 saturated heterocycles. The number of thiocarbonyl (C=S) groups is 1. The smallest absolute Gasteiger partial charge is 0.169 e. The zero-order valence-corrected chi connectivity index (χ0v) is 16.3. The van der Waals surface area contributed by atoms with Crippen LogP contribution in [0.4, 0.5) is 4.39 Å². The van der Waals surface area contributed by atoms with Gasteiger partial charge in [0.1, 0.15) is 5.82 Å². The Morgan fingerprint density at radius 3 is 2.36 bits per heavy atom. The van der Waals surface area contributed by atoms with Crippen LogP contribution in [0.15, 0.2) is 24.3 Å². The van der Waals surface area contributed by atoms with Crippen molar-refractivity contribution in [3.05, 3.63) is 35.6 Å². The maximum absolute atomic E-state index is 13.0. The quantitative estimate of drug-likeness (QED) is 0.562. The molecule has 140 valence electrons. The second-order valence-electron chi connectivity index (χ2n) is 6.50. The summed E-state index contributed by atoms with van der Waals surface area (Å²) in [6, 6.07) is 6.79. The highest BCUT2D eigenvalue weighted by Gasteiger charge is 2.18. The van der Waals surface area contributed by atoms with Gasteiger partial charge in [0.15, 0.2) is 5.11 Å². The third-order valence-corrected chi connectivity index (χ3v) is 5.20. The van der Waals surface area contributed by atoms with Crippen molar-refractivity contribution >= 4 is 17.3 Å². The van der Waals surface area contributed by atoms with E-state index >= 15 is 0 Å². The largest absolute Gasteiger partial charge is 0.363 e. The number of hydrogen-bond acceptors (Lipinski definition) is 3. The molecule has 4 nitrogen and oxygen atoms in total. The highest BCUT2D eigenvalue weighted by molar-refractivity contribution is 7.80. The van der Waals surface area contributed by atoms with Gasteiger partial charge >= 0.3 is 0 Å². The number of rotatable bonds is 8. The van der Waals surface area contributed by atoms with Crippen LogP contribution in [0.5, 0.6) is 0 Å². The van der Waals surface area contributed by atoms with Crippen LogP contribution in [0.25, 0.3) is 0 Å². The first-order valence-electron chi connectivity index (χ1n) is 9.34. The molecule has 0 amide bonds. The first-order valence-corrected chi connectivity index (χ1v) is 9.75. The van der Waals surface area contributed by atoms with Gasteiger partial charge in [-0.2, -0.15) is 0 Å². The van der Waals surface area contributed by atoms with Crippen LogP contribution < -0.4 is 5.32 Å². The molecule has 0 aromatic heterocycles. The summed E-state index contributed by atoms with van der Waals surface area (Å²) in [6.45, 7) is 13.4. The van der Waals surface area contributed by atoms with Crippen LogP contribution in [0.2, 0.25) is 0 Å². The standard InChI is InChI=1S/C19H31FN4S/c1-3-22(4-2)11-5-10-21-19(25)24-14-12-23(13-15-24)16-17-6-8-18(20)9-7-17/h6-9H,3-5,10-16H2,1-2H3,(H,21,25). The van der Waals surface area contributed by atoms with E-state index in [0.717, 1.165) is 76.0 Å². The molecule has 0 radical (unpaired) electrons. The second kappa shape index (κ2) is 10.7. The molecule has 1 aromatic rings. The Morgan fingerprint density at radius 1 is 1.12 bits per heavy atom. The van der Waals surface area contributed by atoms with Crippen molar-refractivity contribution < 1.29 is 4.39 Å². The van der Waals surface area contributed by atoms with Gasteiger partial charge in [0, 0.05) is 39.3 Å². The third-order valence-electron chi connectivity index (χ3n) is 4.80. The Labute approximate surface area is 157 Å². The van der Waals surface area contributed by atoms with Gasteiger partial charge in [0.05, 0.1) is 0 Å². The van der Waals surface area contributed by atoms with E-state index in [1.807, 2.05) is 12.1 Å². The number of nitrogens with zero attached hydrogens (tertiary/aromatic N) is 3. The SMILES string of the molecule is CCN(CC)CCCNC(=S)N1CCN(Cc2ccc(F)cc2)CC1. The lowest BCUT2D eigenvalue weighted by Crippen LogP contribution is -2.51. The predicted octanol–water partition coefficient (Wildman–Crippen LogP) is 2.55. The van der Waals surface area contributed by atoms with Crippen molar-refractivity contribution in [3.8, 4) is 0 Å². The normalized spacial score (nSPS) is 15.6. The van der Waals surface area contributed by atoms with E-state index in [1.54, 1.807) is 0 Å². The van der Waals surface area contributed by atoms with Crippen LogP contribution in [0, 0.1) is 5.82 Å². The molecule has 1 aliphatic heterocycles. The molecule has 0 bridgehead atoms. The summed E-state index contributed by atoms with van der Waals surface area (Å²) >= 11 is 5.53. The molecule has 6 heteroatoms. The Hall–Kier alpha value is -1.24. The van der Waals surface area contributed by atoms with Gasteiger partial charge in [-0.25, -0.2) is 4.39 Å². The summed E-state index contributed by atoms with van der Waals surface area (Å²) in [5.74, 6) is -0.175. The van der Waals surface area contributed by atoms with E-state index in [0.29, 0.717) is 0 Å². The van der Waals surface area contributed by atoms with Crippen LogP contribution in [-0.2, 0) is 6.54 Å². The van der Waals surface area contributed by atoms with Crippen LogP contribution in [0.3, 0.4) is 0 Å². The maximum atomic E-state index is 13.0. The van der Waals surface area contributed by atoms with Crippen molar-refractivity contribution in [3.63, 3.8) is 0 Å². The van der Waals surface area contributed by atoms with Gasteiger partial charge in [0.2, 0.25) is 0 Å². The minimum atomic E-state index is -0.175. The lowest BCUT2D eigenvalue weighted by atomic mass is 10.2. The lowest BCUT2D eigenvalue weighted by molar-refractivity contribution is 0.174. The molecule has 25 heavy (non-hydrogen) atoms. The summed E-state index contributed by atoms with van der Waals surface area (Å²) in [6.07, 6.45) is 1.12. The molecule has 2 rings (SSSR count). The molecule has 0 atom stereocenters. The van der Waals surface area contributed by atoms with Crippen LogP contribution in [0.1, 0.15) is 25.8 Å². The number of halogens is 1. The Kier molecular flexibility index (Phi) is 8.58. The topological polar surface area (TPSA) is 21.8 Å². The minimum absolute atomic E-state index is 0.175. The number of hydrogen-bond donors (Lipinski definition) is 1. The highest BCUT2D eigenvalue weighted by Crippen LogP contribution is 2.10. The van der Waals surface area contributed by atoms with Crippen molar-refractivity contribution in [2.75, 3.05) is 52.4 Å². The second-order valence-corrected chi connectivity index (χ2v) is 6.89. The maximum Gasteiger partial charge on any atom is 0.169 e. The molecule has 1 N–H and O–H groups in total. The molecular formula is C19H31FN4S. The van der Waals surface area contributed by atoms with Crippen molar-refractivity contribution in [2.24, 2.45) is 0 Å². The van der Waals surface area contributed by atoms with E-state index < -0.39 is 0 Å². The molecule has 0 spiro atoms. The van der Waals surface area contributed by atoms with Gasteiger partial charge in [-0.15, -0.1) is 0 Å². The van der Waals surface area contributed by atoms with E-state index in [-0.39, 0.29) is 5.82 Å². The van der Waals surface area contributed by atoms with E-state index in [2.05, 4.69) is 33.9 Å². The summed E-state index contributed by atoms with van der Waals surface area (Å²) in [5, 5.41) is 4.27. The third kappa shape index (κ3) is 6.88. The van der Waals surface area contributed by atoms with Crippen molar-refractivity contribution in [2.45, 2.75) is 26.8 Å². The summed E-state index contributed by atoms with van der Waals surface area (Å²) in [4.78, 5) is 7.08. The van der Waals surface area contributed by atoms with E-state index in [1.165, 1.54) is 12.1 Å². The molecule has 0 unspecified atom stereocenters. The Morgan fingerprint density at radius 2 is 1.76 bits per heavy atom. The molecule has 1 aliphatic rings. The Balaban J connectivity index is 1.63. The van der Waals surface area contributed by atoms with Gasteiger partial charge in [0.25, 0.3) is 0 Å². The fourth-order valence-corrected chi connectivity index (χ4v) is 3.39. The van der Waals surface area contributed by atoms with Gasteiger partial charge in [-0.05, 0) is 56.0 Å². The minimum Gasteiger partial charge on any atom is -0.363 e. The monoisotopic (exact) mass is 366 g/mol. The molecular weight excluding hydrogens is 335 g/mol.